The molecule has 13 rings (SSSR count). The van der Waals surface area contributed by atoms with Crippen LogP contribution in [0.25, 0.3) is 82.8 Å². The average molecular weight is 813 g/mol. The molecule has 2 aromatic heterocycles. The number of rotatable bonds is 2. The van der Waals surface area contributed by atoms with Crippen molar-refractivity contribution in [2.75, 3.05) is 4.81 Å². The van der Waals surface area contributed by atoms with E-state index in [-0.39, 0.29) is 23.1 Å². The Labute approximate surface area is 369 Å². The Morgan fingerprint density at radius 2 is 1.22 bits per heavy atom. The molecule has 0 saturated carbocycles. The van der Waals surface area contributed by atoms with Gasteiger partial charge in [0.1, 0.15) is 5.58 Å². The van der Waals surface area contributed by atoms with E-state index in [0.29, 0.717) is 0 Å². The van der Waals surface area contributed by atoms with Gasteiger partial charge in [0.2, 0.25) is 0 Å². The van der Waals surface area contributed by atoms with Crippen LogP contribution in [0.15, 0.2) is 156 Å². The van der Waals surface area contributed by atoms with E-state index in [9.17, 15) is 0 Å². The van der Waals surface area contributed by atoms with Crippen molar-refractivity contribution < 1.29 is 4.42 Å². The monoisotopic (exact) mass is 812 g/mol. The first-order valence-electron chi connectivity index (χ1n) is 22.6. The number of fused-ring (bicyclic) bond motifs is 14. The number of furan rings is 1. The third kappa shape index (κ3) is 4.93. The fourth-order valence-electron chi connectivity index (χ4n) is 11.5. The van der Waals surface area contributed by atoms with Gasteiger partial charge in [0.05, 0.1) is 16.7 Å². The van der Waals surface area contributed by atoms with Gasteiger partial charge in [-0.1, -0.05) is 152 Å². The van der Waals surface area contributed by atoms with Gasteiger partial charge < -0.3 is 13.8 Å². The summed E-state index contributed by atoms with van der Waals surface area (Å²) in [6, 6.07) is 57.5. The maximum absolute atomic E-state index is 7.15. The van der Waals surface area contributed by atoms with Crippen LogP contribution >= 0.6 is 0 Å². The van der Waals surface area contributed by atoms with Crippen molar-refractivity contribution in [3.8, 4) is 39.1 Å². The van der Waals surface area contributed by atoms with Crippen LogP contribution < -0.4 is 15.7 Å². The molecular formula is C59H49BN2O. The highest BCUT2D eigenvalue weighted by Gasteiger charge is 2.47. The van der Waals surface area contributed by atoms with E-state index in [0.717, 1.165) is 27.6 Å². The molecule has 0 atom stereocenters. The number of anilines is 2. The van der Waals surface area contributed by atoms with Crippen LogP contribution in [0.3, 0.4) is 0 Å². The number of aromatic nitrogens is 1. The zero-order valence-corrected chi connectivity index (χ0v) is 37.3. The molecule has 0 unspecified atom stereocenters. The minimum Gasteiger partial charge on any atom is -0.454 e. The summed E-state index contributed by atoms with van der Waals surface area (Å²) in [5.41, 5.74) is 23.3. The molecule has 0 radical (unpaired) electrons. The smallest absolute Gasteiger partial charge is 0.333 e. The van der Waals surface area contributed by atoms with Crippen molar-refractivity contribution in [2.24, 2.45) is 0 Å². The third-order valence-electron chi connectivity index (χ3n) is 14.9. The number of hydrogen-bond donors (Lipinski definition) is 0. The molecule has 0 fully saturated rings. The van der Waals surface area contributed by atoms with Crippen molar-refractivity contribution in [2.45, 2.75) is 71.6 Å². The molecule has 0 bridgehead atoms. The second-order valence-corrected chi connectivity index (χ2v) is 21.0. The van der Waals surface area contributed by atoms with Crippen molar-refractivity contribution >= 4 is 72.9 Å². The highest BCUT2D eigenvalue weighted by Crippen LogP contribution is 2.55. The summed E-state index contributed by atoms with van der Waals surface area (Å²) in [4.78, 5) is 2.69. The molecule has 4 heterocycles. The zero-order chi connectivity index (χ0) is 42.9. The van der Waals surface area contributed by atoms with Crippen LogP contribution in [0.2, 0.25) is 0 Å². The zero-order valence-electron chi connectivity index (χ0n) is 37.3. The Kier molecular flexibility index (Phi) is 7.15. The SMILES string of the molecule is CC(C)(C)c1ccc2c(c1)c1cc(C(C)(C)C)cc3c1n2-c1c2c(cc4c1oc1ccccc14)-c1cc4c(cc1N(c1ccc(-c5ccccc5)cc1)B23)C(C)(C)c1ccccc1-4. The van der Waals surface area contributed by atoms with Crippen LogP contribution in [0, 0.1) is 0 Å². The Hall–Kier alpha value is -6.78. The summed E-state index contributed by atoms with van der Waals surface area (Å²) >= 11 is 0. The van der Waals surface area contributed by atoms with Gasteiger partial charge in [-0.3, -0.25) is 0 Å². The Balaban J connectivity index is 1.22. The number of nitrogens with zero attached hydrogens (tertiary/aromatic N) is 2. The predicted octanol–water partition coefficient (Wildman–Crippen LogP) is 14.5. The van der Waals surface area contributed by atoms with Crippen molar-refractivity contribution in [1.82, 2.24) is 4.57 Å². The third-order valence-corrected chi connectivity index (χ3v) is 14.9. The normalized spacial score (nSPS) is 14.7. The number of benzene rings is 8. The van der Waals surface area contributed by atoms with Crippen molar-refractivity contribution in [3.05, 3.63) is 174 Å². The second kappa shape index (κ2) is 12.2. The van der Waals surface area contributed by atoms with Crippen LogP contribution in [0.4, 0.5) is 11.4 Å². The van der Waals surface area contributed by atoms with Gasteiger partial charge in [0.15, 0.2) is 5.58 Å². The molecular weight excluding hydrogens is 763 g/mol. The molecule has 0 spiro atoms. The Morgan fingerprint density at radius 3 is 2.00 bits per heavy atom. The standard InChI is InChI=1S/C59H49BN2O/c1-57(2,3)36-24-27-50-42(28-36)45-29-37(58(4,5)6)30-49-54(45)61(50)55-53-44(32-46-40-19-13-15-21-52(40)63-56(46)55)43-31-41-39-18-12-14-20-47(39)59(7,8)48(41)33-51(43)62(60(49)53)38-25-22-35(23-26-38)34-16-10-9-11-17-34/h9-33H,1-8H3. The van der Waals surface area contributed by atoms with Gasteiger partial charge in [-0.25, -0.2) is 0 Å². The Morgan fingerprint density at radius 1 is 0.524 bits per heavy atom. The first-order chi connectivity index (χ1) is 30.3. The molecule has 1 aliphatic carbocycles. The number of para-hydroxylation sites is 1. The van der Waals surface area contributed by atoms with E-state index in [4.69, 9.17) is 4.42 Å². The van der Waals surface area contributed by atoms with Crippen LogP contribution in [-0.2, 0) is 16.2 Å². The highest BCUT2D eigenvalue weighted by atomic mass is 16.3. The molecule has 4 heteroatoms. The maximum Gasteiger partial charge on any atom is 0.333 e. The molecule has 63 heavy (non-hydrogen) atoms. The first kappa shape index (κ1) is 36.8. The molecule has 304 valence electrons. The summed E-state index contributed by atoms with van der Waals surface area (Å²) in [7, 11) is 0. The van der Waals surface area contributed by atoms with Gasteiger partial charge in [-0.15, -0.1) is 0 Å². The quantitative estimate of drug-likeness (QED) is 0.162. The Bertz CT molecular complexity index is 3610. The van der Waals surface area contributed by atoms with Gasteiger partial charge in [0.25, 0.3) is 0 Å². The minimum atomic E-state index is -0.164. The van der Waals surface area contributed by atoms with Crippen LogP contribution in [0.5, 0.6) is 0 Å². The summed E-state index contributed by atoms with van der Waals surface area (Å²) < 4.78 is 9.73. The van der Waals surface area contributed by atoms with Gasteiger partial charge in [-0.2, -0.15) is 0 Å². The van der Waals surface area contributed by atoms with E-state index in [1.54, 1.807) is 0 Å². The predicted molar refractivity (Wildman–Crippen MR) is 267 cm³/mol. The summed E-state index contributed by atoms with van der Waals surface area (Å²) in [6.07, 6.45) is 0. The second-order valence-electron chi connectivity index (χ2n) is 21.0. The molecule has 8 aromatic carbocycles. The van der Waals surface area contributed by atoms with Gasteiger partial charge >= 0.3 is 6.85 Å². The average Bonchev–Trinajstić information content (AvgIpc) is 3.89. The van der Waals surface area contributed by atoms with Crippen LogP contribution in [0.1, 0.15) is 77.6 Å². The highest BCUT2D eigenvalue weighted by molar-refractivity contribution is 6.94. The summed E-state index contributed by atoms with van der Waals surface area (Å²) in [5, 5.41) is 4.89. The van der Waals surface area contributed by atoms with Gasteiger partial charge in [-0.05, 0) is 126 Å². The van der Waals surface area contributed by atoms with E-state index in [2.05, 4.69) is 216 Å². The van der Waals surface area contributed by atoms with Crippen molar-refractivity contribution in [3.63, 3.8) is 0 Å². The van der Waals surface area contributed by atoms with E-state index >= 15 is 0 Å². The first-order valence-corrected chi connectivity index (χ1v) is 22.6. The fraction of sp³-hybridized carbons (Fsp3) is 0.186. The minimum absolute atomic E-state index is 0.00700. The molecule has 2 aliphatic heterocycles. The lowest BCUT2D eigenvalue weighted by molar-refractivity contribution is 0.590. The van der Waals surface area contributed by atoms with Gasteiger partial charge in [0, 0.05) is 43.9 Å². The van der Waals surface area contributed by atoms with Crippen LogP contribution in [-0.4, -0.2) is 11.4 Å². The van der Waals surface area contributed by atoms with E-state index in [1.165, 1.54) is 99.7 Å². The number of hydrogen-bond acceptors (Lipinski definition) is 2. The lowest BCUT2D eigenvalue weighted by atomic mass is 9.43. The summed E-state index contributed by atoms with van der Waals surface area (Å²) in [5.74, 6) is 0. The molecule has 3 aliphatic rings. The van der Waals surface area contributed by atoms with E-state index < -0.39 is 0 Å². The summed E-state index contributed by atoms with van der Waals surface area (Å²) in [6.45, 7) is 18.7. The molecule has 0 saturated heterocycles. The lowest BCUT2D eigenvalue weighted by Crippen LogP contribution is -2.61. The molecule has 0 N–H and O–H groups in total. The molecule has 3 nitrogen and oxygen atoms in total. The fourth-order valence-corrected chi connectivity index (χ4v) is 11.5. The van der Waals surface area contributed by atoms with Crippen molar-refractivity contribution in [1.29, 1.82) is 0 Å². The molecule has 0 amide bonds. The topological polar surface area (TPSA) is 21.3 Å². The lowest BCUT2D eigenvalue weighted by Gasteiger charge is -2.43. The maximum atomic E-state index is 7.15. The van der Waals surface area contributed by atoms with E-state index in [1.807, 2.05) is 0 Å². The molecule has 10 aromatic rings. The largest absolute Gasteiger partial charge is 0.454 e.